The molecule has 2 heterocycles. The number of hydrogen-bond donors (Lipinski definition) is 1. The van der Waals surface area contributed by atoms with Crippen molar-refractivity contribution in [3.8, 4) is 0 Å². The summed E-state index contributed by atoms with van der Waals surface area (Å²) in [5, 5.41) is 0. The number of nitrogens with zero attached hydrogens (tertiary/aromatic N) is 2. The molecule has 1 saturated carbocycles. The van der Waals surface area contributed by atoms with Crippen molar-refractivity contribution in [1.29, 1.82) is 0 Å². The summed E-state index contributed by atoms with van der Waals surface area (Å²) in [5.74, 6) is 0.671. The van der Waals surface area contributed by atoms with E-state index in [0.29, 0.717) is 18.0 Å². The fraction of sp³-hybridized carbons (Fsp3) is 1.00. The Labute approximate surface area is 123 Å². The Morgan fingerprint density at radius 3 is 2.80 bits per heavy atom. The molecule has 0 bridgehead atoms. The molecule has 0 radical (unpaired) electrons. The molecule has 3 atom stereocenters. The average molecular weight is 281 g/mol. The molecular weight excluding hydrogens is 250 g/mol. The van der Waals surface area contributed by atoms with Gasteiger partial charge in [-0.25, -0.2) is 0 Å². The molecule has 0 amide bonds. The maximum atomic E-state index is 6.59. The fourth-order valence-corrected chi connectivity index (χ4v) is 4.21. The molecule has 3 rings (SSSR count). The molecule has 3 fully saturated rings. The van der Waals surface area contributed by atoms with Crippen LogP contribution in [-0.2, 0) is 4.74 Å². The Kier molecular flexibility index (Phi) is 4.37. The summed E-state index contributed by atoms with van der Waals surface area (Å²) in [6, 6.07) is 0.972. The molecule has 3 unspecified atom stereocenters. The minimum atomic E-state index is 0.232. The van der Waals surface area contributed by atoms with Gasteiger partial charge in [-0.2, -0.15) is 0 Å². The van der Waals surface area contributed by atoms with Crippen LogP contribution in [-0.4, -0.2) is 67.8 Å². The number of rotatable bonds is 3. The molecule has 1 spiro atoms. The van der Waals surface area contributed by atoms with Crippen molar-refractivity contribution in [2.75, 3.05) is 40.3 Å². The summed E-state index contributed by atoms with van der Waals surface area (Å²) in [5.41, 5.74) is 6.82. The van der Waals surface area contributed by atoms with E-state index in [4.69, 9.17) is 10.5 Å². The quantitative estimate of drug-likeness (QED) is 0.847. The van der Waals surface area contributed by atoms with Gasteiger partial charge < -0.3 is 20.3 Å². The predicted octanol–water partition coefficient (Wildman–Crippen LogP) is 1.30. The van der Waals surface area contributed by atoms with Crippen LogP contribution in [0.1, 0.15) is 38.5 Å². The average Bonchev–Trinajstić information content (AvgIpc) is 2.41. The maximum absolute atomic E-state index is 6.59. The van der Waals surface area contributed by atoms with E-state index in [-0.39, 0.29) is 5.60 Å². The van der Waals surface area contributed by atoms with E-state index in [2.05, 4.69) is 23.9 Å². The fourth-order valence-electron chi connectivity index (χ4n) is 4.21. The van der Waals surface area contributed by atoms with Gasteiger partial charge in [0.1, 0.15) is 0 Å². The number of hydrogen-bond acceptors (Lipinski definition) is 4. The van der Waals surface area contributed by atoms with Crippen LogP contribution >= 0.6 is 0 Å². The lowest BCUT2D eigenvalue weighted by molar-refractivity contribution is -0.146. The molecule has 0 aromatic heterocycles. The summed E-state index contributed by atoms with van der Waals surface area (Å²) in [6.07, 6.45) is 7.39. The normalized spacial score (nSPS) is 36.8. The van der Waals surface area contributed by atoms with E-state index in [1.54, 1.807) is 0 Å². The van der Waals surface area contributed by atoms with Crippen LogP contribution in [0.3, 0.4) is 0 Å². The minimum Gasteiger partial charge on any atom is -0.375 e. The second kappa shape index (κ2) is 5.91. The third-order valence-electron chi connectivity index (χ3n) is 5.93. The highest BCUT2D eigenvalue weighted by Crippen LogP contribution is 2.45. The predicted molar refractivity (Wildman–Crippen MR) is 81.8 cm³/mol. The van der Waals surface area contributed by atoms with E-state index in [1.165, 1.54) is 45.3 Å². The Morgan fingerprint density at radius 2 is 2.10 bits per heavy atom. The molecule has 0 aromatic rings. The Bertz CT molecular complexity index is 332. The van der Waals surface area contributed by atoms with Gasteiger partial charge in [0.15, 0.2) is 0 Å². The van der Waals surface area contributed by atoms with Gasteiger partial charge in [0.2, 0.25) is 0 Å². The van der Waals surface area contributed by atoms with E-state index in [1.807, 2.05) is 0 Å². The lowest BCUT2D eigenvalue weighted by atomic mass is 9.70. The van der Waals surface area contributed by atoms with E-state index in [0.717, 1.165) is 19.4 Å². The van der Waals surface area contributed by atoms with Crippen LogP contribution in [0, 0.1) is 5.92 Å². The molecule has 4 nitrogen and oxygen atoms in total. The zero-order valence-electron chi connectivity index (χ0n) is 13.2. The molecule has 2 saturated heterocycles. The number of ether oxygens (including phenoxy) is 1. The molecule has 3 aliphatic rings. The topological polar surface area (TPSA) is 41.7 Å². The number of piperazine rings is 1. The standard InChI is InChI=1S/C16H31N3O/c1-18-7-8-19(2)14(12-18)10-15(17)13-4-9-20-16(11-13)5-3-6-16/h13-15H,3-12,17H2,1-2H3. The first-order valence-electron chi connectivity index (χ1n) is 8.36. The van der Waals surface area contributed by atoms with Crippen molar-refractivity contribution in [2.45, 2.75) is 56.2 Å². The van der Waals surface area contributed by atoms with Gasteiger partial charge in [-0.15, -0.1) is 0 Å². The van der Waals surface area contributed by atoms with Crippen LogP contribution in [0.25, 0.3) is 0 Å². The summed E-state index contributed by atoms with van der Waals surface area (Å²) < 4.78 is 6.04. The first kappa shape index (κ1) is 14.8. The van der Waals surface area contributed by atoms with Crippen LogP contribution in [0.15, 0.2) is 0 Å². The van der Waals surface area contributed by atoms with Gasteiger partial charge in [0.25, 0.3) is 0 Å². The van der Waals surface area contributed by atoms with Crippen LogP contribution in [0.5, 0.6) is 0 Å². The molecule has 1 aliphatic carbocycles. The first-order valence-corrected chi connectivity index (χ1v) is 8.36. The highest BCUT2D eigenvalue weighted by Gasteiger charge is 2.44. The molecule has 116 valence electrons. The van der Waals surface area contributed by atoms with Gasteiger partial charge >= 0.3 is 0 Å². The first-order chi connectivity index (χ1) is 9.58. The lowest BCUT2D eigenvalue weighted by Crippen LogP contribution is -2.54. The van der Waals surface area contributed by atoms with Gasteiger partial charge in [-0.3, -0.25) is 0 Å². The van der Waals surface area contributed by atoms with E-state index >= 15 is 0 Å². The van der Waals surface area contributed by atoms with E-state index in [9.17, 15) is 0 Å². The zero-order chi connectivity index (χ0) is 14.2. The third kappa shape index (κ3) is 3.03. The van der Waals surface area contributed by atoms with Gasteiger partial charge in [-0.05, 0) is 58.5 Å². The minimum absolute atomic E-state index is 0.232. The van der Waals surface area contributed by atoms with Crippen molar-refractivity contribution in [2.24, 2.45) is 11.7 Å². The molecular formula is C16H31N3O. The Balaban J connectivity index is 1.54. The van der Waals surface area contributed by atoms with Gasteiger partial charge in [0, 0.05) is 38.3 Å². The molecule has 0 aromatic carbocycles. The highest BCUT2D eigenvalue weighted by atomic mass is 16.5. The summed E-state index contributed by atoms with van der Waals surface area (Å²) in [6.45, 7) is 4.45. The molecule has 2 N–H and O–H groups in total. The Morgan fingerprint density at radius 1 is 1.30 bits per heavy atom. The summed E-state index contributed by atoms with van der Waals surface area (Å²) in [4.78, 5) is 4.94. The van der Waals surface area contributed by atoms with Crippen LogP contribution in [0.4, 0.5) is 0 Å². The Hall–Kier alpha value is -0.160. The lowest BCUT2D eigenvalue weighted by Gasteiger charge is -2.49. The molecule has 2 aliphatic heterocycles. The maximum Gasteiger partial charge on any atom is 0.0685 e. The monoisotopic (exact) mass is 281 g/mol. The number of nitrogens with two attached hydrogens (primary N) is 1. The van der Waals surface area contributed by atoms with Crippen LogP contribution < -0.4 is 5.73 Å². The van der Waals surface area contributed by atoms with E-state index < -0.39 is 0 Å². The third-order valence-corrected chi connectivity index (χ3v) is 5.93. The largest absolute Gasteiger partial charge is 0.375 e. The summed E-state index contributed by atoms with van der Waals surface area (Å²) in [7, 11) is 4.48. The highest BCUT2D eigenvalue weighted by molar-refractivity contribution is 4.97. The zero-order valence-corrected chi connectivity index (χ0v) is 13.2. The van der Waals surface area contributed by atoms with Crippen molar-refractivity contribution < 1.29 is 4.74 Å². The smallest absolute Gasteiger partial charge is 0.0685 e. The van der Waals surface area contributed by atoms with Crippen molar-refractivity contribution in [3.63, 3.8) is 0 Å². The van der Waals surface area contributed by atoms with Crippen molar-refractivity contribution in [1.82, 2.24) is 9.80 Å². The van der Waals surface area contributed by atoms with Crippen LogP contribution in [0.2, 0.25) is 0 Å². The second-order valence-electron chi connectivity index (χ2n) is 7.43. The SMILES string of the molecule is CN1CCN(C)C(CC(N)C2CCOC3(CCC3)C2)C1. The van der Waals surface area contributed by atoms with Crippen molar-refractivity contribution >= 4 is 0 Å². The molecule has 4 heteroatoms. The van der Waals surface area contributed by atoms with Gasteiger partial charge in [0.05, 0.1) is 5.60 Å². The second-order valence-corrected chi connectivity index (χ2v) is 7.43. The van der Waals surface area contributed by atoms with Gasteiger partial charge in [-0.1, -0.05) is 0 Å². The van der Waals surface area contributed by atoms with Crippen molar-refractivity contribution in [3.05, 3.63) is 0 Å². The summed E-state index contributed by atoms with van der Waals surface area (Å²) >= 11 is 0. The molecule has 20 heavy (non-hydrogen) atoms. The number of likely N-dealkylation sites (N-methyl/N-ethyl adjacent to an activating group) is 2.